The van der Waals surface area contributed by atoms with Gasteiger partial charge in [0.1, 0.15) is 17.9 Å². The molecule has 0 N–H and O–H groups in total. The summed E-state index contributed by atoms with van der Waals surface area (Å²) in [5, 5.41) is 0.699. The number of carbonyl (C=O) groups excluding carboxylic acids is 1. The van der Waals surface area contributed by atoms with Crippen LogP contribution in [0.2, 0.25) is 5.02 Å². The third-order valence-corrected chi connectivity index (χ3v) is 5.84. The van der Waals surface area contributed by atoms with Gasteiger partial charge in [0.25, 0.3) is 5.56 Å². The monoisotopic (exact) mass is 452 g/mol. The fourth-order valence-electron chi connectivity index (χ4n) is 4.02. The number of nitrogens with zero attached hydrogens (tertiary/aromatic N) is 2. The van der Waals surface area contributed by atoms with Crippen molar-refractivity contribution >= 4 is 17.6 Å². The number of methoxy groups -OCH3 is 1. The molecule has 0 atom stereocenters. The lowest BCUT2D eigenvalue weighted by Gasteiger charge is -2.19. The van der Waals surface area contributed by atoms with Crippen molar-refractivity contribution in [1.82, 2.24) is 9.47 Å². The lowest BCUT2D eigenvalue weighted by molar-refractivity contribution is 0.0592. The van der Waals surface area contributed by atoms with E-state index < -0.39 is 5.97 Å². The Morgan fingerprint density at radius 2 is 1.78 bits per heavy atom. The molecule has 0 fully saturated rings. The summed E-state index contributed by atoms with van der Waals surface area (Å²) < 4.78 is 12.6. The van der Waals surface area contributed by atoms with Gasteiger partial charge in [-0.25, -0.2) is 4.79 Å². The minimum Gasteiger partial charge on any atom is -0.488 e. The highest BCUT2D eigenvalue weighted by Crippen LogP contribution is 2.25. The Kier molecular flexibility index (Phi) is 6.93. The Morgan fingerprint density at radius 3 is 2.53 bits per heavy atom. The van der Waals surface area contributed by atoms with E-state index in [1.807, 2.05) is 54.6 Å². The van der Waals surface area contributed by atoms with Crippen molar-refractivity contribution in [3.8, 4) is 5.75 Å². The van der Waals surface area contributed by atoms with E-state index in [-0.39, 0.29) is 17.9 Å². The summed E-state index contributed by atoms with van der Waals surface area (Å²) in [6, 6.07) is 18.8. The van der Waals surface area contributed by atoms with Gasteiger partial charge in [-0.15, -0.1) is 0 Å². The number of fused-ring (bicyclic) bond motifs is 1. The Morgan fingerprint density at radius 1 is 1.00 bits per heavy atom. The summed E-state index contributed by atoms with van der Waals surface area (Å²) in [7, 11) is 1.34. The molecule has 1 aromatic heterocycles. The van der Waals surface area contributed by atoms with Gasteiger partial charge in [0.05, 0.1) is 7.11 Å². The van der Waals surface area contributed by atoms with Crippen LogP contribution in [-0.4, -0.2) is 35.6 Å². The molecular formula is C25H25ClN2O4. The van der Waals surface area contributed by atoms with Gasteiger partial charge in [-0.2, -0.15) is 0 Å². The molecule has 7 heteroatoms. The molecule has 166 valence electrons. The second-order valence-corrected chi connectivity index (χ2v) is 8.18. The number of pyridine rings is 1. The molecule has 6 nitrogen and oxygen atoms in total. The number of benzene rings is 2. The van der Waals surface area contributed by atoms with Crippen LogP contribution in [0.4, 0.5) is 0 Å². The van der Waals surface area contributed by atoms with Crippen LogP contribution in [0.3, 0.4) is 0 Å². The van der Waals surface area contributed by atoms with E-state index in [0.29, 0.717) is 48.9 Å². The SMILES string of the molecule is COC(=O)c1c(OCc2ccccc2)cc(=O)n2c1CCN(Cc1cccc(Cl)c1)CC2. The van der Waals surface area contributed by atoms with Crippen LogP contribution in [0.15, 0.2) is 65.5 Å². The molecule has 0 saturated carbocycles. The van der Waals surface area contributed by atoms with Crippen molar-refractivity contribution in [1.29, 1.82) is 0 Å². The standard InChI is InChI=1S/C25H25ClN2O4/c1-31-25(30)24-21-10-11-27(16-19-8-5-9-20(26)14-19)12-13-28(21)23(29)15-22(24)32-17-18-6-3-2-4-7-18/h2-9,14-15H,10-13,16-17H2,1H3. The van der Waals surface area contributed by atoms with Gasteiger partial charge < -0.3 is 14.0 Å². The molecule has 0 spiro atoms. The van der Waals surface area contributed by atoms with Crippen LogP contribution in [-0.2, 0) is 30.9 Å². The predicted octanol–water partition coefficient (Wildman–Crippen LogP) is 3.93. The molecule has 0 aliphatic carbocycles. The summed E-state index contributed by atoms with van der Waals surface area (Å²) in [6.45, 7) is 2.84. The molecule has 3 aromatic rings. The molecular weight excluding hydrogens is 428 g/mol. The quantitative estimate of drug-likeness (QED) is 0.530. The van der Waals surface area contributed by atoms with Crippen molar-refractivity contribution in [2.24, 2.45) is 0 Å². The van der Waals surface area contributed by atoms with Crippen LogP contribution in [0, 0.1) is 0 Å². The first-order chi connectivity index (χ1) is 15.5. The number of aromatic nitrogens is 1. The van der Waals surface area contributed by atoms with Crippen LogP contribution >= 0.6 is 11.6 Å². The van der Waals surface area contributed by atoms with Gasteiger partial charge >= 0.3 is 5.97 Å². The van der Waals surface area contributed by atoms with Crippen molar-refractivity contribution in [2.75, 3.05) is 20.2 Å². The third kappa shape index (κ3) is 5.03. The number of hydrogen-bond donors (Lipinski definition) is 0. The second-order valence-electron chi connectivity index (χ2n) is 7.74. The zero-order valence-electron chi connectivity index (χ0n) is 17.9. The molecule has 0 unspecified atom stereocenters. The lowest BCUT2D eigenvalue weighted by Crippen LogP contribution is -2.29. The maximum absolute atomic E-state index is 12.9. The number of carbonyl (C=O) groups is 1. The summed E-state index contributed by atoms with van der Waals surface area (Å²) in [6.07, 6.45) is 0.531. The zero-order valence-corrected chi connectivity index (χ0v) is 18.7. The first-order valence-electron chi connectivity index (χ1n) is 10.5. The highest BCUT2D eigenvalue weighted by Gasteiger charge is 2.26. The van der Waals surface area contributed by atoms with E-state index in [4.69, 9.17) is 21.1 Å². The topological polar surface area (TPSA) is 60.8 Å². The number of halogens is 1. The van der Waals surface area contributed by atoms with E-state index in [2.05, 4.69) is 4.90 Å². The molecule has 0 radical (unpaired) electrons. The molecule has 32 heavy (non-hydrogen) atoms. The molecule has 2 aromatic carbocycles. The zero-order chi connectivity index (χ0) is 22.5. The largest absolute Gasteiger partial charge is 0.488 e. The van der Waals surface area contributed by atoms with Crippen molar-refractivity contribution < 1.29 is 14.3 Å². The highest BCUT2D eigenvalue weighted by molar-refractivity contribution is 6.30. The third-order valence-electron chi connectivity index (χ3n) is 5.61. The number of rotatable bonds is 6. The molecule has 0 bridgehead atoms. The average Bonchev–Trinajstić information content (AvgIpc) is 3.01. The first kappa shape index (κ1) is 22.1. The minimum atomic E-state index is -0.500. The van der Waals surface area contributed by atoms with Crippen molar-refractivity contribution in [2.45, 2.75) is 26.1 Å². The number of hydrogen-bond acceptors (Lipinski definition) is 5. The van der Waals surface area contributed by atoms with E-state index in [1.54, 1.807) is 4.57 Å². The fraction of sp³-hybridized carbons (Fsp3) is 0.280. The Labute approximate surface area is 192 Å². The van der Waals surface area contributed by atoms with Gasteiger partial charge in [-0.1, -0.05) is 54.1 Å². The van der Waals surface area contributed by atoms with E-state index in [9.17, 15) is 9.59 Å². The fourth-order valence-corrected chi connectivity index (χ4v) is 4.23. The minimum absolute atomic E-state index is 0.180. The van der Waals surface area contributed by atoms with Gasteiger partial charge in [-0.05, 0) is 23.3 Å². The summed E-state index contributed by atoms with van der Waals surface area (Å²) in [5.74, 6) is -0.236. The van der Waals surface area contributed by atoms with Gasteiger partial charge in [0.15, 0.2) is 0 Å². The molecule has 1 aliphatic heterocycles. The van der Waals surface area contributed by atoms with Crippen molar-refractivity contribution in [3.05, 3.63) is 98.4 Å². The molecule has 2 heterocycles. The Balaban J connectivity index is 1.61. The second kappa shape index (κ2) is 10.0. The van der Waals surface area contributed by atoms with E-state index >= 15 is 0 Å². The molecule has 4 rings (SSSR count). The van der Waals surface area contributed by atoms with Crippen molar-refractivity contribution in [3.63, 3.8) is 0 Å². The van der Waals surface area contributed by atoms with Gasteiger partial charge in [0, 0.05) is 49.4 Å². The highest BCUT2D eigenvalue weighted by atomic mass is 35.5. The van der Waals surface area contributed by atoms with Gasteiger partial charge in [-0.3, -0.25) is 9.69 Å². The molecule has 1 aliphatic rings. The van der Waals surface area contributed by atoms with Crippen LogP contribution in [0.25, 0.3) is 0 Å². The molecule has 0 amide bonds. The lowest BCUT2D eigenvalue weighted by atomic mass is 10.1. The summed E-state index contributed by atoms with van der Waals surface area (Å²) in [4.78, 5) is 27.9. The average molecular weight is 453 g/mol. The van der Waals surface area contributed by atoms with Crippen LogP contribution in [0.1, 0.15) is 27.2 Å². The summed E-state index contributed by atoms with van der Waals surface area (Å²) in [5.41, 5.74) is 2.86. The van der Waals surface area contributed by atoms with Crippen LogP contribution in [0.5, 0.6) is 5.75 Å². The van der Waals surface area contributed by atoms with Gasteiger partial charge in [0.2, 0.25) is 0 Å². The maximum atomic E-state index is 12.9. The normalized spacial score (nSPS) is 13.8. The smallest absolute Gasteiger partial charge is 0.343 e. The predicted molar refractivity (Wildman–Crippen MR) is 123 cm³/mol. The summed E-state index contributed by atoms with van der Waals surface area (Å²) >= 11 is 6.12. The van der Waals surface area contributed by atoms with Crippen LogP contribution < -0.4 is 10.3 Å². The molecule has 0 saturated heterocycles. The number of ether oxygens (including phenoxy) is 2. The number of esters is 1. The Bertz CT molecular complexity index is 1160. The first-order valence-corrected chi connectivity index (χ1v) is 10.9. The Hall–Kier alpha value is -3.09. The maximum Gasteiger partial charge on any atom is 0.343 e. The van der Waals surface area contributed by atoms with E-state index in [0.717, 1.165) is 11.1 Å². The van der Waals surface area contributed by atoms with E-state index in [1.165, 1.54) is 13.2 Å².